The highest BCUT2D eigenvalue weighted by Gasteiger charge is 2.21. The average molecular weight is 199 g/mol. The lowest BCUT2D eigenvalue weighted by atomic mass is 9.98. The Morgan fingerprint density at radius 1 is 1.38 bits per heavy atom. The molecule has 0 spiro atoms. The zero-order valence-electron chi connectivity index (χ0n) is 8.21. The predicted molar refractivity (Wildman–Crippen MR) is 52.0 cm³/mol. The number of nitrogens with zero attached hydrogens (tertiary/aromatic N) is 2. The van der Waals surface area contributed by atoms with E-state index in [0.717, 1.165) is 5.01 Å². The van der Waals surface area contributed by atoms with Crippen molar-refractivity contribution >= 4 is 17.2 Å². The van der Waals surface area contributed by atoms with Gasteiger partial charge in [-0.1, -0.05) is 32.1 Å². The van der Waals surface area contributed by atoms with Gasteiger partial charge in [0.15, 0.2) is 0 Å². The van der Waals surface area contributed by atoms with Crippen LogP contribution >= 0.6 is 11.3 Å². The summed E-state index contributed by atoms with van der Waals surface area (Å²) in [6.45, 7) is 6.13. The molecule has 4 nitrogen and oxygen atoms in total. The molecule has 13 heavy (non-hydrogen) atoms. The highest BCUT2D eigenvalue weighted by atomic mass is 32.1. The molecular weight excluding hydrogens is 186 g/mol. The molecule has 0 unspecified atom stereocenters. The van der Waals surface area contributed by atoms with E-state index >= 15 is 0 Å². The molecule has 0 bridgehead atoms. The van der Waals surface area contributed by atoms with Gasteiger partial charge in [0.1, 0.15) is 5.01 Å². The molecule has 5 heteroatoms. The first-order valence-electron chi connectivity index (χ1n) is 4.01. The molecule has 0 radical (unpaired) electrons. The molecule has 0 atom stereocenters. The van der Waals surface area contributed by atoms with Gasteiger partial charge in [-0.25, -0.2) is 0 Å². The fourth-order valence-corrected chi connectivity index (χ4v) is 1.57. The van der Waals surface area contributed by atoms with Crippen LogP contribution in [0, 0.1) is 0 Å². The van der Waals surface area contributed by atoms with Crippen LogP contribution in [0.2, 0.25) is 0 Å². The van der Waals surface area contributed by atoms with Gasteiger partial charge < -0.3 is 5.32 Å². The minimum atomic E-state index is -0.173. The fourth-order valence-electron chi connectivity index (χ4n) is 0.725. The topological polar surface area (TPSA) is 54.9 Å². The van der Waals surface area contributed by atoms with Crippen LogP contribution in [0.25, 0.3) is 0 Å². The molecule has 0 saturated carbocycles. The summed E-state index contributed by atoms with van der Waals surface area (Å²) >= 11 is 1.34. The number of rotatable bonds is 1. The van der Waals surface area contributed by atoms with E-state index in [9.17, 15) is 4.79 Å². The van der Waals surface area contributed by atoms with Gasteiger partial charge in [0.05, 0.1) is 0 Å². The minimum Gasteiger partial charge on any atom is -0.353 e. The van der Waals surface area contributed by atoms with E-state index in [2.05, 4.69) is 15.5 Å². The van der Waals surface area contributed by atoms with Crippen LogP contribution in [-0.2, 0) is 5.41 Å². The van der Waals surface area contributed by atoms with Crippen molar-refractivity contribution in [3.05, 3.63) is 10.0 Å². The highest BCUT2D eigenvalue weighted by Crippen LogP contribution is 2.24. The Kier molecular flexibility index (Phi) is 2.66. The molecule has 1 heterocycles. The molecule has 1 rings (SSSR count). The van der Waals surface area contributed by atoms with Crippen LogP contribution in [0.4, 0.5) is 0 Å². The zero-order chi connectivity index (χ0) is 10.1. The number of hydrogen-bond acceptors (Lipinski definition) is 4. The smallest absolute Gasteiger partial charge is 0.282 e. The molecule has 1 amide bonds. The monoisotopic (exact) mass is 199 g/mol. The average Bonchev–Trinajstić information content (AvgIpc) is 2.50. The maximum absolute atomic E-state index is 11.2. The Morgan fingerprint density at radius 3 is 2.38 bits per heavy atom. The lowest BCUT2D eigenvalue weighted by molar-refractivity contribution is 0.0962. The van der Waals surface area contributed by atoms with E-state index < -0.39 is 0 Å². The van der Waals surface area contributed by atoms with Crippen molar-refractivity contribution in [1.29, 1.82) is 0 Å². The first kappa shape index (κ1) is 10.1. The largest absolute Gasteiger partial charge is 0.353 e. The predicted octanol–water partition coefficient (Wildman–Crippen LogP) is 1.20. The Labute approximate surface area is 81.4 Å². The SMILES string of the molecule is CNC(=O)c1nnc(C(C)(C)C)s1. The van der Waals surface area contributed by atoms with E-state index in [1.54, 1.807) is 7.05 Å². The van der Waals surface area contributed by atoms with Crippen LogP contribution in [0.1, 0.15) is 35.6 Å². The van der Waals surface area contributed by atoms with E-state index in [1.165, 1.54) is 11.3 Å². The van der Waals surface area contributed by atoms with Gasteiger partial charge >= 0.3 is 0 Å². The maximum Gasteiger partial charge on any atom is 0.282 e. The summed E-state index contributed by atoms with van der Waals surface area (Å²) in [6, 6.07) is 0. The third-order valence-corrected chi connectivity index (χ3v) is 2.84. The van der Waals surface area contributed by atoms with Gasteiger partial charge in [-0.3, -0.25) is 4.79 Å². The Morgan fingerprint density at radius 2 is 2.00 bits per heavy atom. The molecule has 72 valence electrons. The number of carbonyl (C=O) groups is 1. The van der Waals surface area contributed by atoms with Crippen molar-refractivity contribution in [3.63, 3.8) is 0 Å². The summed E-state index contributed by atoms with van der Waals surface area (Å²) in [6.07, 6.45) is 0. The quantitative estimate of drug-likeness (QED) is 0.739. The van der Waals surface area contributed by atoms with E-state index in [4.69, 9.17) is 0 Å². The third kappa shape index (κ3) is 2.24. The molecule has 1 aromatic rings. The van der Waals surface area contributed by atoms with Gasteiger partial charge in [0, 0.05) is 12.5 Å². The number of amides is 1. The Bertz CT molecular complexity index is 313. The molecule has 0 aliphatic rings. The molecule has 1 N–H and O–H groups in total. The standard InChI is InChI=1S/C8H13N3OS/c1-8(2,3)7-11-10-6(13-7)5(12)9-4/h1-4H3,(H,9,12). The number of aromatic nitrogens is 2. The van der Waals surface area contributed by atoms with Crippen LogP contribution in [0.5, 0.6) is 0 Å². The summed E-state index contributed by atoms with van der Waals surface area (Å²) in [5.74, 6) is -0.173. The van der Waals surface area contributed by atoms with Crippen molar-refractivity contribution < 1.29 is 4.79 Å². The van der Waals surface area contributed by atoms with E-state index in [1.807, 2.05) is 20.8 Å². The maximum atomic E-state index is 11.2. The van der Waals surface area contributed by atoms with Crippen LogP contribution in [0.15, 0.2) is 0 Å². The van der Waals surface area contributed by atoms with Crippen molar-refractivity contribution in [3.8, 4) is 0 Å². The first-order chi connectivity index (χ1) is 5.95. The van der Waals surface area contributed by atoms with E-state index in [0.29, 0.717) is 5.01 Å². The second-order valence-corrected chi connectivity index (χ2v) is 4.72. The van der Waals surface area contributed by atoms with E-state index in [-0.39, 0.29) is 11.3 Å². The van der Waals surface area contributed by atoms with Crippen LogP contribution < -0.4 is 5.32 Å². The fraction of sp³-hybridized carbons (Fsp3) is 0.625. The minimum absolute atomic E-state index is 0.0378. The van der Waals surface area contributed by atoms with Crippen molar-refractivity contribution in [2.75, 3.05) is 7.05 Å². The first-order valence-corrected chi connectivity index (χ1v) is 4.83. The zero-order valence-corrected chi connectivity index (χ0v) is 9.03. The number of hydrogen-bond donors (Lipinski definition) is 1. The number of carbonyl (C=O) groups excluding carboxylic acids is 1. The lowest BCUT2D eigenvalue weighted by Crippen LogP contribution is -2.17. The third-order valence-electron chi connectivity index (χ3n) is 1.49. The van der Waals surface area contributed by atoms with Crippen LogP contribution in [0.3, 0.4) is 0 Å². The second-order valence-electron chi connectivity index (χ2n) is 3.74. The summed E-state index contributed by atoms with van der Waals surface area (Å²) in [5, 5.41) is 11.6. The van der Waals surface area contributed by atoms with Crippen molar-refractivity contribution in [2.45, 2.75) is 26.2 Å². The van der Waals surface area contributed by atoms with Gasteiger partial charge in [0.2, 0.25) is 5.01 Å². The van der Waals surface area contributed by atoms with Gasteiger partial charge in [-0.05, 0) is 0 Å². The lowest BCUT2D eigenvalue weighted by Gasteiger charge is -2.12. The van der Waals surface area contributed by atoms with Crippen molar-refractivity contribution in [2.24, 2.45) is 0 Å². The normalized spacial score (nSPS) is 11.4. The van der Waals surface area contributed by atoms with Gasteiger partial charge in [0.25, 0.3) is 5.91 Å². The van der Waals surface area contributed by atoms with Crippen molar-refractivity contribution in [1.82, 2.24) is 15.5 Å². The number of nitrogens with one attached hydrogen (secondary N) is 1. The molecule has 1 aromatic heterocycles. The molecule has 0 saturated heterocycles. The molecule has 0 aliphatic carbocycles. The summed E-state index contributed by atoms with van der Waals surface area (Å²) in [7, 11) is 1.58. The van der Waals surface area contributed by atoms with Gasteiger partial charge in [-0.2, -0.15) is 0 Å². The molecular formula is C8H13N3OS. The highest BCUT2D eigenvalue weighted by molar-refractivity contribution is 7.13. The molecule has 0 aliphatic heterocycles. The summed E-state index contributed by atoms with van der Waals surface area (Å²) in [4.78, 5) is 11.2. The Hall–Kier alpha value is -0.970. The summed E-state index contributed by atoms with van der Waals surface area (Å²) in [5.41, 5.74) is -0.0378. The summed E-state index contributed by atoms with van der Waals surface area (Å²) < 4.78 is 0. The van der Waals surface area contributed by atoms with Crippen LogP contribution in [-0.4, -0.2) is 23.2 Å². The second kappa shape index (κ2) is 3.41. The Balaban J connectivity index is 2.93. The molecule has 0 aromatic carbocycles. The molecule has 0 fully saturated rings. The van der Waals surface area contributed by atoms with Gasteiger partial charge in [-0.15, -0.1) is 10.2 Å².